The lowest BCUT2D eigenvalue weighted by atomic mass is 10.2. The van der Waals surface area contributed by atoms with Gasteiger partial charge in [-0.2, -0.15) is 12.6 Å². The number of hydrogen-bond acceptors (Lipinski definition) is 3. The molecule has 0 N–H and O–H groups in total. The van der Waals surface area contributed by atoms with E-state index in [1.165, 1.54) is 31.5 Å². The number of hydrogen-bond donors (Lipinski definition) is 1. The molecule has 1 aromatic heterocycles. The highest BCUT2D eigenvalue weighted by molar-refractivity contribution is 7.80. The minimum atomic E-state index is 1.01. The van der Waals surface area contributed by atoms with Crippen molar-refractivity contribution >= 4 is 12.6 Å². The molecule has 0 saturated carbocycles. The van der Waals surface area contributed by atoms with Gasteiger partial charge in [-0.1, -0.05) is 12.5 Å². The second-order valence-electron chi connectivity index (χ2n) is 4.16. The first-order valence-electron chi connectivity index (χ1n) is 6.02. The van der Waals surface area contributed by atoms with E-state index < -0.39 is 0 Å². The monoisotopic (exact) mass is 238 g/mol. The van der Waals surface area contributed by atoms with E-state index in [4.69, 9.17) is 0 Å². The Kier molecular flexibility index (Phi) is 7.26. The largest absolute Gasteiger partial charge is 0.306 e. The van der Waals surface area contributed by atoms with E-state index in [1.807, 2.05) is 12.3 Å². The smallest absolute Gasteiger partial charge is 0.0416 e. The Morgan fingerprint density at radius 2 is 2.06 bits per heavy atom. The summed E-state index contributed by atoms with van der Waals surface area (Å²) in [4.78, 5) is 6.71. The summed E-state index contributed by atoms with van der Waals surface area (Å²) < 4.78 is 0. The molecule has 0 fully saturated rings. The Morgan fingerprint density at radius 1 is 1.19 bits per heavy atom. The minimum Gasteiger partial charge on any atom is -0.306 e. The van der Waals surface area contributed by atoms with Crippen LogP contribution in [0.4, 0.5) is 0 Å². The Labute approximate surface area is 104 Å². The van der Waals surface area contributed by atoms with Crippen molar-refractivity contribution in [1.82, 2.24) is 9.88 Å². The van der Waals surface area contributed by atoms with Gasteiger partial charge >= 0.3 is 0 Å². The lowest BCUT2D eigenvalue weighted by Gasteiger charge is -2.15. The number of unbranched alkanes of at least 4 members (excludes halogenated alkanes) is 2. The molecule has 0 atom stereocenters. The maximum atomic E-state index is 4.32. The highest BCUT2D eigenvalue weighted by Gasteiger charge is 1.99. The van der Waals surface area contributed by atoms with Crippen LogP contribution in [0.5, 0.6) is 0 Å². The van der Waals surface area contributed by atoms with Crippen molar-refractivity contribution < 1.29 is 0 Å². The molecule has 3 heteroatoms. The molecule has 0 aromatic carbocycles. The highest BCUT2D eigenvalue weighted by atomic mass is 32.1. The predicted molar refractivity (Wildman–Crippen MR) is 73.1 cm³/mol. The van der Waals surface area contributed by atoms with Crippen LogP contribution in [0, 0.1) is 0 Å². The lowest BCUT2D eigenvalue weighted by molar-refractivity contribution is 0.328. The predicted octanol–water partition coefficient (Wildman–Crippen LogP) is 2.66. The zero-order valence-electron chi connectivity index (χ0n) is 10.1. The number of aromatic nitrogens is 1. The van der Waals surface area contributed by atoms with Crippen molar-refractivity contribution in [1.29, 1.82) is 0 Å². The molecule has 0 radical (unpaired) electrons. The van der Waals surface area contributed by atoms with Gasteiger partial charge in [0.05, 0.1) is 0 Å². The molecule has 2 nitrogen and oxygen atoms in total. The van der Waals surface area contributed by atoms with E-state index in [0.29, 0.717) is 0 Å². The standard InChI is InChI=1S/C13H22N2S/c1-15(10-5-2-6-12-16)11-8-13-7-3-4-9-14-13/h3-4,7,9,16H,2,5-6,8,10-12H2,1H3. The number of thiol groups is 1. The maximum Gasteiger partial charge on any atom is 0.0416 e. The molecule has 16 heavy (non-hydrogen) atoms. The fraction of sp³-hybridized carbons (Fsp3) is 0.615. The topological polar surface area (TPSA) is 16.1 Å². The van der Waals surface area contributed by atoms with Gasteiger partial charge in [0, 0.05) is 24.9 Å². The number of rotatable bonds is 8. The van der Waals surface area contributed by atoms with Gasteiger partial charge in [0.2, 0.25) is 0 Å². The van der Waals surface area contributed by atoms with Crippen LogP contribution in [-0.4, -0.2) is 35.8 Å². The summed E-state index contributed by atoms with van der Waals surface area (Å²) in [7, 11) is 2.18. The van der Waals surface area contributed by atoms with Gasteiger partial charge in [0.15, 0.2) is 0 Å². The van der Waals surface area contributed by atoms with Gasteiger partial charge in [0.1, 0.15) is 0 Å². The third-order valence-electron chi connectivity index (χ3n) is 2.67. The fourth-order valence-corrected chi connectivity index (χ4v) is 1.86. The quantitative estimate of drug-likeness (QED) is 0.553. The Morgan fingerprint density at radius 3 is 2.75 bits per heavy atom. The molecule has 0 unspecified atom stereocenters. The van der Waals surface area contributed by atoms with E-state index in [9.17, 15) is 0 Å². The molecule has 0 aliphatic carbocycles. The molecule has 0 aliphatic heterocycles. The number of likely N-dealkylation sites (N-methyl/N-ethyl adjacent to an activating group) is 1. The Hall–Kier alpha value is -0.540. The van der Waals surface area contributed by atoms with Crippen LogP contribution < -0.4 is 0 Å². The van der Waals surface area contributed by atoms with Crippen LogP contribution in [0.1, 0.15) is 25.0 Å². The van der Waals surface area contributed by atoms with Crippen LogP contribution in [0.2, 0.25) is 0 Å². The highest BCUT2D eigenvalue weighted by Crippen LogP contribution is 2.00. The first kappa shape index (κ1) is 13.5. The zero-order valence-corrected chi connectivity index (χ0v) is 11.0. The zero-order chi connectivity index (χ0) is 11.6. The van der Waals surface area contributed by atoms with E-state index >= 15 is 0 Å². The van der Waals surface area contributed by atoms with Crippen LogP contribution in [0.25, 0.3) is 0 Å². The van der Waals surface area contributed by atoms with Crippen molar-refractivity contribution in [2.75, 3.05) is 25.9 Å². The van der Waals surface area contributed by atoms with Crippen molar-refractivity contribution in [3.05, 3.63) is 30.1 Å². The number of nitrogens with zero attached hydrogens (tertiary/aromatic N) is 2. The molecule has 90 valence electrons. The van der Waals surface area contributed by atoms with E-state index in [1.54, 1.807) is 0 Å². The fourth-order valence-electron chi connectivity index (χ4n) is 1.63. The van der Waals surface area contributed by atoms with Crippen LogP contribution in [0.15, 0.2) is 24.4 Å². The molecular weight excluding hydrogens is 216 g/mol. The molecule has 0 amide bonds. The molecular formula is C13H22N2S. The third-order valence-corrected chi connectivity index (χ3v) is 2.99. The summed E-state index contributed by atoms with van der Waals surface area (Å²) in [6, 6.07) is 6.11. The van der Waals surface area contributed by atoms with Crippen LogP contribution >= 0.6 is 12.6 Å². The molecule has 1 aromatic rings. The van der Waals surface area contributed by atoms with Gasteiger partial charge < -0.3 is 4.90 Å². The second-order valence-corrected chi connectivity index (χ2v) is 4.61. The van der Waals surface area contributed by atoms with Gasteiger partial charge in [-0.25, -0.2) is 0 Å². The lowest BCUT2D eigenvalue weighted by Crippen LogP contribution is -2.22. The molecule has 0 spiro atoms. The molecule has 0 saturated heterocycles. The first-order chi connectivity index (χ1) is 7.83. The SMILES string of the molecule is CN(CCCCCS)CCc1ccccn1. The summed E-state index contributed by atoms with van der Waals surface area (Å²) >= 11 is 4.21. The third kappa shape index (κ3) is 6.13. The van der Waals surface area contributed by atoms with E-state index in [2.05, 4.69) is 41.7 Å². The van der Waals surface area contributed by atoms with Crippen LogP contribution in [0.3, 0.4) is 0 Å². The average Bonchev–Trinajstić information content (AvgIpc) is 2.33. The summed E-state index contributed by atoms with van der Waals surface area (Å²) in [5.74, 6) is 1.01. The van der Waals surface area contributed by atoms with Crippen molar-refractivity contribution in [2.24, 2.45) is 0 Å². The van der Waals surface area contributed by atoms with Crippen molar-refractivity contribution in [3.63, 3.8) is 0 Å². The molecule has 1 rings (SSSR count). The van der Waals surface area contributed by atoms with Gasteiger partial charge in [-0.05, 0) is 44.3 Å². The van der Waals surface area contributed by atoms with Gasteiger partial charge in [0.25, 0.3) is 0 Å². The Bertz CT molecular complexity index is 264. The van der Waals surface area contributed by atoms with Crippen LogP contribution in [-0.2, 0) is 6.42 Å². The van der Waals surface area contributed by atoms with Gasteiger partial charge in [-0.15, -0.1) is 0 Å². The summed E-state index contributed by atoms with van der Waals surface area (Å²) in [6.45, 7) is 2.28. The molecule has 1 heterocycles. The van der Waals surface area contributed by atoms with E-state index in [-0.39, 0.29) is 0 Å². The summed E-state index contributed by atoms with van der Waals surface area (Å²) in [5.41, 5.74) is 1.18. The molecule has 0 aliphatic rings. The first-order valence-corrected chi connectivity index (χ1v) is 6.65. The summed E-state index contributed by atoms with van der Waals surface area (Å²) in [6.07, 6.45) is 6.71. The number of pyridine rings is 1. The normalized spacial score (nSPS) is 10.9. The maximum absolute atomic E-state index is 4.32. The minimum absolute atomic E-state index is 1.01. The second kappa shape index (κ2) is 8.59. The van der Waals surface area contributed by atoms with Crippen molar-refractivity contribution in [2.45, 2.75) is 25.7 Å². The summed E-state index contributed by atoms with van der Waals surface area (Å²) in [5, 5.41) is 0. The van der Waals surface area contributed by atoms with Gasteiger partial charge in [-0.3, -0.25) is 4.98 Å². The molecule has 0 bridgehead atoms. The van der Waals surface area contributed by atoms with Crippen molar-refractivity contribution in [3.8, 4) is 0 Å². The average molecular weight is 238 g/mol. The van der Waals surface area contributed by atoms with E-state index in [0.717, 1.165) is 18.7 Å². The Balaban J connectivity index is 2.08.